The van der Waals surface area contributed by atoms with Crippen molar-refractivity contribution in [1.82, 2.24) is 4.90 Å². The average Bonchev–Trinajstić information content (AvgIpc) is 2.82. The maximum Gasteiger partial charge on any atom is 0.327 e. The first kappa shape index (κ1) is 14.6. The lowest BCUT2D eigenvalue weighted by Crippen LogP contribution is -2.47. The van der Waals surface area contributed by atoms with Crippen LogP contribution in [0.2, 0.25) is 0 Å². The van der Waals surface area contributed by atoms with Gasteiger partial charge < -0.3 is 10.0 Å². The zero-order valence-electron chi connectivity index (χ0n) is 12.2. The summed E-state index contributed by atoms with van der Waals surface area (Å²) in [4.78, 5) is 25.6. The first-order chi connectivity index (χ1) is 9.32. The first-order valence-electron chi connectivity index (χ1n) is 6.91. The fourth-order valence-corrected chi connectivity index (χ4v) is 2.81. The quantitative estimate of drug-likeness (QED) is 0.902. The second-order valence-corrected chi connectivity index (χ2v) is 6.34. The zero-order valence-corrected chi connectivity index (χ0v) is 12.2. The molecule has 1 amide bonds. The van der Waals surface area contributed by atoms with Gasteiger partial charge in [0.1, 0.15) is 6.04 Å². The van der Waals surface area contributed by atoms with E-state index in [4.69, 9.17) is 0 Å². The van der Waals surface area contributed by atoms with Crippen LogP contribution in [-0.4, -0.2) is 34.5 Å². The summed E-state index contributed by atoms with van der Waals surface area (Å²) in [7, 11) is 0. The van der Waals surface area contributed by atoms with Crippen molar-refractivity contribution < 1.29 is 14.7 Å². The third kappa shape index (κ3) is 2.69. The Morgan fingerprint density at radius 2 is 1.80 bits per heavy atom. The van der Waals surface area contributed by atoms with Gasteiger partial charge in [0.2, 0.25) is 5.91 Å². The van der Waals surface area contributed by atoms with E-state index < -0.39 is 17.4 Å². The van der Waals surface area contributed by atoms with Crippen molar-refractivity contribution in [3.63, 3.8) is 0 Å². The van der Waals surface area contributed by atoms with E-state index in [2.05, 4.69) is 0 Å². The van der Waals surface area contributed by atoms with Crippen LogP contribution in [0, 0.1) is 5.41 Å². The maximum absolute atomic E-state index is 12.4. The molecule has 2 atom stereocenters. The molecule has 1 heterocycles. The molecule has 1 aliphatic rings. The van der Waals surface area contributed by atoms with Crippen LogP contribution in [0.25, 0.3) is 0 Å². The number of carboxylic acids is 1. The molecule has 0 spiro atoms. The number of likely N-dealkylation sites (tertiary alicyclic amines) is 1. The molecule has 1 aliphatic heterocycles. The predicted molar refractivity (Wildman–Crippen MR) is 76.4 cm³/mol. The van der Waals surface area contributed by atoms with Crippen LogP contribution < -0.4 is 0 Å². The Hall–Kier alpha value is -1.84. The third-order valence-electron chi connectivity index (χ3n) is 3.78. The van der Waals surface area contributed by atoms with Crippen LogP contribution in [-0.2, 0) is 9.59 Å². The van der Waals surface area contributed by atoms with Crippen LogP contribution in [0.4, 0.5) is 0 Å². The number of hydrogen-bond donors (Lipinski definition) is 1. The number of rotatable bonds is 2. The first-order valence-corrected chi connectivity index (χ1v) is 6.91. The van der Waals surface area contributed by atoms with Gasteiger partial charge in [0, 0.05) is 17.9 Å². The van der Waals surface area contributed by atoms with Gasteiger partial charge in [-0.15, -0.1) is 0 Å². The van der Waals surface area contributed by atoms with Gasteiger partial charge in [-0.2, -0.15) is 0 Å². The molecule has 1 saturated heterocycles. The van der Waals surface area contributed by atoms with E-state index in [0.29, 0.717) is 13.0 Å². The van der Waals surface area contributed by atoms with Crippen molar-refractivity contribution in [1.29, 1.82) is 0 Å². The van der Waals surface area contributed by atoms with E-state index in [-0.39, 0.29) is 11.8 Å². The summed E-state index contributed by atoms with van der Waals surface area (Å²) in [5.41, 5.74) is 0.434. The molecular weight excluding hydrogens is 254 g/mol. The lowest BCUT2D eigenvalue weighted by molar-refractivity contribution is -0.152. The minimum absolute atomic E-state index is 0.0941. The lowest BCUT2D eigenvalue weighted by Gasteiger charge is -2.30. The summed E-state index contributed by atoms with van der Waals surface area (Å²) in [5.74, 6) is -1.14. The minimum atomic E-state index is -0.922. The summed E-state index contributed by atoms with van der Waals surface area (Å²) < 4.78 is 0. The van der Waals surface area contributed by atoms with Gasteiger partial charge in [-0.1, -0.05) is 51.1 Å². The highest BCUT2D eigenvalue weighted by molar-refractivity contribution is 5.88. The fourth-order valence-electron chi connectivity index (χ4n) is 2.81. The number of aliphatic carboxylic acids is 1. The van der Waals surface area contributed by atoms with Gasteiger partial charge in [-0.3, -0.25) is 4.79 Å². The molecule has 2 rings (SSSR count). The highest BCUT2D eigenvalue weighted by atomic mass is 16.4. The van der Waals surface area contributed by atoms with Crippen LogP contribution in [0.5, 0.6) is 0 Å². The molecule has 0 saturated carbocycles. The third-order valence-corrected chi connectivity index (χ3v) is 3.78. The highest BCUT2D eigenvalue weighted by Gasteiger charge is 2.44. The van der Waals surface area contributed by atoms with Crippen LogP contribution in [0.1, 0.15) is 38.7 Å². The zero-order chi connectivity index (χ0) is 14.9. The molecule has 4 nitrogen and oxygen atoms in total. The topological polar surface area (TPSA) is 57.6 Å². The van der Waals surface area contributed by atoms with Crippen LogP contribution in [0.15, 0.2) is 30.3 Å². The highest BCUT2D eigenvalue weighted by Crippen LogP contribution is 2.36. The van der Waals surface area contributed by atoms with Crippen LogP contribution >= 0.6 is 0 Å². The minimum Gasteiger partial charge on any atom is -0.480 e. The second kappa shape index (κ2) is 5.27. The largest absolute Gasteiger partial charge is 0.480 e. The van der Waals surface area contributed by atoms with Gasteiger partial charge in [-0.05, 0) is 12.0 Å². The Bertz CT molecular complexity index is 504. The second-order valence-electron chi connectivity index (χ2n) is 6.34. The van der Waals surface area contributed by atoms with E-state index in [1.54, 1.807) is 0 Å². The van der Waals surface area contributed by atoms with Crippen molar-refractivity contribution >= 4 is 11.9 Å². The normalized spacial score (nSPS) is 22.9. The number of nitrogens with zero attached hydrogens (tertiary/aromatic N) is 1. The number of carbonyl (C=O) groups is 2. The Morgan fingerprint density at radius 3 is 2.30 bits per heavy atom. The van der Waals surface area contributed by atoms with Gasteiger partial charge in [-0.25, -0.2) is 4.79 Å². The molecule has 0 aromatic heterocycles. The summed E-state index contributed by atoms with van der Waals surface area (Å²) in [6.07, 6.45) is 0.697. The van der Waals surface area contributed by atoms with Crippen molar-refractivity contribution in [3.05, 3.63) is 35.9 Å². The molecule has 1 aromatic rings. The molecule has 108 valence electrons. The van der Waals surface area contributed by atoms with E-state index in [1.807, 2.05) is 51.1 Å². The van der Waals surface area contributed by atoms with Crippen molar-refractivity contribution in [3.8, 4) is 0 Å². The maximum atomic E-state index is 12.4. The standard InChI is InChI=1S/C16H21NO3/c1-16(2,3)15(20)17-10-9-12(13(17)14(18)19)11-7-5-4-6-8-11/h4-8,12-13H,9-10H2,1-3H3,(H,18,19)/t12-,13-/m0/s1. The van der Waals surface area contributed by atoms with Crippen molar-refractivity contribution in [2.24, 2.45) is 5.41 Å². The Morgan fingerprint density at radius 1 is 1.20 bits per heavy atom. The summed E-state index contributed by atoms with van der Waals surface area (Å²) in [6, 6.07) is 8.83. The Kier molecular flexibility index (Phi) is 3.84. The Labute approximate surface area is 119 Å². The van der Waals surface area contributed by atoms with Gasteiger partial charge >= 0.3 is 5.97 Å². The molecule has 0 radical (unpaired) electrons. The smallest absolute Gasteiger partial charge is 0.327 e. The molecular formula is C16H21NO3. The predicted octanol–water partition coefficient (Wildman–Crippen LogP) is 2.50. The van der Waals surface area contributed by atoms with Crippen molar-refractivity contribution in [2.45, 2.75) is 39.2 Å². The Balaban J connectivity index is 2.31. The number of carbonyl (C=O) groups excluding carboxylic acids is 1. The number of benzene rings is 1. The summed E-state index contributed by atoms with van der Waals surface area (Å²) in [6.45, 7) is 5.98. The molecule has 0 aliphatic carbocycles. The molecule has 1 fully saturated rings. The van der Waals surface area contributed by atoms with E-state index in [1.165, 1.54) is 4.90 Å². The summed E-state index contributed by atoms with van der Waals surface area (Å²) >= 11 is 0. The fraction of sp³-hybridized carbons (Fsp3) is 0.500. The van der Waals surface area contributed by atoms with Crippen LogP contribution in [0.3, 0.4) is 0 Å². The number of hydrogen-bond acceptors (Lipinski definition) is 2. The molecule has 0 unspecified atom stereocenters. The van der Waals surface area contributed by atoms with Gasteiger partial charge in [0.15, 0.2) is 0 Å². The van der Waals surface area contributed by atoms with E-state index >= 15 is 0 Å². The molecule has 20 heavy (non-hydrogen) atoms. The molecule has 4 heteroatoms. The SMILES string of the molecule is CC(C)(C)C(=O)N1CC[C@@H](c2ccccc2)[C@H]1C(=O)O. The summed E-state index contributed by atoms with van der Waals surface area (Å²) in [5, 5.41) is 9.54. The average molecular weight is 275 g/mol. The molecule has 0 bridgehead atoms. The molecule has 1 aromatic carbocycles. The molecule has 1 N–H and O–H groups in total. The van der Waals surface area contributed by atoms with E-state index in [0.717, 1.165) is 5.56 Å². The van der Waals surface area contributed by atoms with Gasteiger partial charge in [0.25, 0.3) is 0 Å². The lowest BCUT2D eigenvalue weighted by atomic mass is 9.90. The number of carboxylic acid groups (broad SMARTS) is 1. The number of amides is 1. The van der Waals surface area contributed by atoms with E-state index in [9.17, 15) is 14.7 Å². The monoisotopic (exact) mass is 275 g/mol. The van der Waals surface area contributed by atoms with Crippen molar-refractivity contribution in [2.75, 3.05) is 6.54 Å². The van der Waals surface area contributed by atoms with Gasteiger partial charge in [0.05, 0.1) is 0 Å².